The van der Waals surface area contributed by atoms with Gasteiger partial charge in [0.2, 0.25) is 0 Å². The van der Waals surface area contributed by atoms with Crippen LogP contribution >= 0.6 is 0 Å². The zero-order valence-corrected chi connectivity index (χ0v) is 14.7. The van der Waals surface area contributed by atoms with Crippen molar-refractivity contribution in [1.29, 1.82) is 0 Å². The highest BCUT2D eigenvalue weighted by Crippen LogP contribution is 2.41. The van der Waals surface area contributed by atoms with Crippen LogP contribution in [0.15, 0.2) is 47.8 Å². The molecule has 25 heavy (non-hydrogen) atoms. The quantitative estimate of drug-likeness (QED) is 0.798. The van der Waals surface area contributed by atoms with Crippen molar-refractivity contribution in [1.82, 2.24) is 5.32 Å². The van der Waals surface area contributed by atoms with Crippen molar-refractivity contribution in [3.63, 3.8) is 0 Å². The molecule has 2 atom stereocenters. The third-order valence-corrected chi connectivity index (χ3v) is 4.06. The predicted molar refractivity (Wildman–Crippen MR) is 92.6 cm³/mol. The molecular weight excluding hydrogens is 322 g/mol. The van der Waals surface area contributed by atoms with E-state index in [9.17, 15) is 14.7 Å². The van der Waals surface area contributed by atoms with E-state index < -0.39 is 23.8 Å². The van der Waals surface area contributed by atoms with Gasteiger partial charge < -0.3 is 19.9 Å². The van der Waals surface area contributed by atoms with Gasteiger partial charge in [-0.2, -0.15) is 0 Å². The van der Waals surface area contributed by atoms with Crippen molar-refractivity contribution in [3.05, 3.63) is 53.4 Å². The summed E-state index contributed by atoms with van der Waals surface area (Å²) in [5.41, 5.74) is 2.10. The molecular formula is C19H23NO5. The van der Waals surface area contributed by atoms with Crippen molar-refractivity contribution in [2.24, 2.45) is 5.92 Å². The van der Waals surface area contributed by atoms with Gasteiger partial charge in [-0.25, -0.2) is 4.79 Å². The van der Waals surface area contributed by atoms with Gasteiger partial charge in [0.25, 0.3) is 0 Å². The summed E-state index contributed by atoms with van der Waals surface area (Å²) < 4.78 is 10.4. The molecule has 0 saturated carbocycles. The minimum Gasteiger partial charge on any atom is -0.508 e. The Morgan fingerprint density at radius 1 is 1.16 bits per heavy atom. The number of esters is 2. The van der Waals surface area contributed by atoms with Gasteiger partial charge in [0.05, 0.1) is 18.8 Å². The molecule has 1 aliphatic heterocycles. The van der Waals surface area contributed by atoms with E-state index in [1.807, 2.05) is 0 Å². The number of phenols is 1. The lowest BCUT2D eigenvalue weighted by atomic mass is 9.75. The maximum atomic E-state index is 12.5. The summed E-state index contributed by atoms with van der Waals surface area (Å²) >= 11 is 0. The number of aromatic hydroxyl groups is 1. The lowest BCUT2D eigenvalue weighted by Crippen LogP contribution is -2.39. The fraction of sp³-hybridized carbons (Fsp3) is 0.368. The summed E-state index contributed by atoms with van der Waals surface area (Å²) in [5, 5.41) is 12.6. The first kappa shape index (κ1) is 18.6. The van der Waals surface area contributed by atoms with Crippen LogP contribution < -0.4 is 5.32 Å². The van der Waals surface area contributed by atoms with Gasteiger partial charge in [0, 0.05) is 17.3 Å². The molecule has 1 aromatic rings. The molecule has 0 aromatic heterocycles. The predicted octanol–water partition coefficient (Wildman–Crippen LogP) is 2.61. The highest BCUT2D eigenvalue weighted by Gasteiger charge is 2.42. The van der Waals surface area contributed by atoms with Crippen LogP contribution in [0.5, 0.6) is 5.75 Å². The Morgan fingerprint density at radius 3 is 2.32 bits per heavy atom. The molecule has 0 amide bonds. The van der Waals surface area contributed by atoms with E-state index in [2.05, 4.69) is 11.9 Å². The molecule has 1 aliphatic rings. The summed E-state index contributed by atoms with van der Waals surface area (Å²) in [6.07, 6.45) is 0. The van der Waals surface area contributed by atoms with Crippen LogP contribution in [0.3, 0.4) is 0 Å². The highest BCUT2D eigenvalue weighted by molar-refractivity contribution is 5.94. The van der Waals surface area contributed by atoms with Crippen LogP contribution in [-0.2, 0) is 19.1 Å². The first-order valence-electron chi connectivity index (χ1n) is 8.19. The number of benzene rings is 1. The van der Waals surface area contributed by atoms with Gasteiger partial charge in [-0.1, -0.05) is 18.7 Å². The lowest BCUT2D eigenvalue weighted by molar-refractivity contribution is -0.147. The molecule has 0 radical (unpaired) electrons. The number of ether oxygens (including phenoxy) is 2. The number of carbonyl (C=O) groups is 2. The molecule has 2 rings (SSSR count). The van der Waals surface area contributed by atoms with Gasteiger partial charge >= 0.3 is 11.9 Å². The van der Waals surface area contributed by atoms with Gasteiger partial charge in [-0.05, 0) is 38.5 Å². The number of allylic oxidation sites excluding steroid dienone is 1. The van der Waals surface area contributed by atoms with Gasteiger partial charge in [0.1, 0.15) is 11.7 Å². The molecule has 1 aromatic carbocycles. The lowest BCUT2D eigenvalue weighted by Gasteiger charge is -2.35. The SMILES string of the molecule is C=C1NC(C)=C(C(=O)OCC)C(c2ccc(O)cc2)C1C(=O)OCC. The van der Waals surface area contributed by atoms with Crippen LogP contribution in [0.4, 0.5) is 0 Å². The number of hydrogen-bond donors (Lipinski definition) is 2. The Hall–Kier alpha value is -2.76. The third-order valence-electron chi connectivity index (χ3n) is 4.06. The summed E-state index contributed by atoms with van der Waals surface area (Å²) in [5.74, 6) is -2.23. The summed E-state index contributed by atoms with van der Waals surface area (Å²) in [6.45, 7) is 9.57. The Kier molecular flexibility index (Phi) is 5.85. The van der Waals surface area contributed by atoms with Crippen molar-refractivity contribution in [2.75, 3.05) is 13.2 Å². The molecule has 0 spiro atoms. The molecule has 6 nitrogen and oxygen atoms in total. The highest BCUT2D eigenvalue weighted by atomic mass is 16.5. The van der Waals surface area contributed by atoms with Crippen LogP contribution in [-0.4, -0.2) is 30.3 Å². The molecule has 2 unspecified atom stereocenters. The van der Waals surface area contributed by atoms with E-state index >= 15 is 0 Å². The molecule has 0 bridgehead atoms. The topological polar surface area (TPSA) is 84.9 Å². The monoisotopic (exact) mass is 345 g/mol. The minimum atomic E-state index is -0.771. The number of rotatable bonds is 5. The standard InChI is InChI=1S/C19H23NO5/c1-5-24-18(22)15-11(3)20-12(4)16(19(23)25-6-2)17(15)13-7-9-14(21)10-8-13/h7-10,15,17,20-21H,3,5-6H2,1-2,4H3. The van der Waals surface area contributed by atoms with Gasteiger partial charge in [0.15, 0.2) is 0 Å². The van der Waals surface area contributed by atoms with E-state index in [0.29, 0.717) is 22.5 Å². The number of phenolic OH excluding ortho intramolecular Hbond substituents is 1. The Labute approximate surface area is 147 Å². The molecule has 2 N–H and O–H groups in total. The van der Waals surface area contributed by atoms with Crippen LogP contribution in [0, 0.1) is 5.92 Å². The van der Waals surface area contributed by atoms with Gasteiger partial charge in [-0.3, -0.25) is 4.79 Å². The minimum absolute atomic E-state index is 0.0996. The fourth-order valence-corrected chi connectivity index (χ4v) is 3.03. The average Bonchev–Trinajstić information content (AvgIpc) is 2.55. The molecule has 6 heteroatoms. The molecule has 134 valence electrons. The van der Waals surface area contributed by atoms with Crippen molar-refractivity contribution in [2.45, 2.75) is 26.7 Å². The zero-order chi connectivity index (χ0) is 18.6. The zero-order valence-electron chi connectivity index (χ0n) is 14.7. The second kappa shape index (κ2) is 7.88. The summed E-state index contributed by atoms with van der Waals surface area (Å²) in [7, 11) is 0. The maximum absolute atomic E-state index is 12.5. The second-order valence-electron chi connectivity index (χ2n) is 5.71. The fourth-order valence-electron chi connectivity index (χ4n) is 3.03. The van der Waals surface area contributed by atoms with E-state index in [0.717, 1.165) is 0 Å². The maximum Gasteiger partial charge on any atom is 0.336 e. The first-order chi connectivity index (χ1) is 11.9. The first-order valence-corrected chi connectivity index (χ1v) is 8.19. The number of carbonyl (C=O) groups excluding carboxylic acids is 2. The molecule has 0 saturated heterocycles. The molecule has 0 fully saturated rings. The second-order valence-corrected chi connectivity index (χ2v) is 5.71. The van der Waals surface area contributed by atoms with Crippen molar-refractivity contribution in [3.8, 4) is 5.75 Å². The van der Waals surface area contributed by atoms with E-state index in [4.69, 9.17) is 9.47 Å². The van der Waals surface area contributed by atoms with Crippen molar-refractivity contribution < 1.29 is 24.2 Å². The van der Waals surface area contributed by atoms with Crippen LogP contribution in [0.2, 0.25) is 0 Å². The van der Waals surface area contributed by atoms with Gasteiger partial charge in [-0.15, -0.1) is 0 Å². The van der Waals surface area contributed by atoms with Crippen LogP contribution in [0.1, 0.15) is 32.3 Å². The smallest absolute Gasteiger partial charge is 0.336 e. The van der Waals surface area contributed by atoms with E-state index in [-0.39, 0.29) is 19.0 Å². The Morgan fingerprint density at radius 2 is 1.76 bits per heavy atom. The largest absolute Gasteiger partial charge is 0.508 e. The van der Waals surface area contributed by atoms with Crippen LogP contribution in [0.25, 0.3) is 0 Å². The Balaban J connectivity index is 2.59. The molecule has 0 aliphatic carbocycles. The van der Waals surface area contributed by atoms with E-state index in [1.54, 1.807) is 32.9 Å². The van der Waals surface area contributed by atoms with Crippen molar-refractivity contribution >= 4 is 11.9 Å². The van der Waals surface area contributed by atoms with E-state index in [1.165, 1.54) is 12.1 Å². The third kappa shape index (κ3) is 3.84. The summed E-state index contributed by atoms with van der Waals surface area (Å²) in [6, 6.07) is 6.38. The Bertz CT molecular complexity index is 705. The average molecular weight is 345 g/mol. The molecule has 1 heterocycles. The normalized spacial score (nSPS) is 20.0. The summed E-state index contributed by atoms with van der Waals surface area (Å²) in [4.78, 5) is 25.1. The number of nitrogens with one attached hydrogen (secondary N) is 1. The number of hydrogen-bond acceptors (Lipinski definition) is 6.